The Balaban J connectivity index is 1.45. The molecule has 1 unspecified atom stereocenters. The number of anilines is 2. The molecular weight excluding hydrogens is 481 g/mol. The number of amides is 2. The lowest BCUT2D eigenvalue weighted by Crippen LogP contribution is -2.49. The van der Waals surface area contributed by atoms with E-state index >= 15 is 0 Å². The zero-order chi connectivity index (χ0) is 26.6. The van der Waals surface area contributed by atoms with Crippen LogP contribution in [0, 0.1) is 5.82 Å². The Morgan fingerprint density at radius 2 is 1.76 bits per heavy atom. The fourth-order valence-electron chi connectivity index (χ4n) is 5.10. The molecule has 1 saturated heterocycles. The third-order valence-corrected chi connectivity index (χ3v) is 6.92. The Hall–Kier alpha value is -3.88. The van der Waals surface area contributed by atoms with Crippen LogP contribution in [-0.2, 0) is 9.59 Å². The van der Waals surface area contributed by atoms with Crippen molar-refractivity contribution in [2.45, 2.75) is 25.8 Å². The highest BCUT2D eigenvalue weighted by Crippen LogP contribution is 2.37. The van der Waals surface area contributed by atoms with Gasteiger partial charge in [-0.2, -0.15) is 0 Å². The maximum Gasteiger partial charge on any atom is 0.241 e. The maximum atomic E-state index is 13.8. The number of fused-ring (bicyclic) bond motifs is 1. The Morgan fingerprint density at radius 3 is 2.45 bits per heavy atom. The molecule has 0 radical (unpaired) electrons. The van der Waals surface area contributed by atoms with Crippen molar-refractivity contribution in [1.29, 1.82) is 0 Å². The molecule has 2 N–H and O–H groups in total. The average Bonchev–Trinajstić information content (AvgIpc) is 3.23. The second-order valence-corrected chi connectivity index (χ2v) is 9.92. The molecule has 0 spiro atoms. The fourth-order valence-corrected chi connectivity index (χ4v) is 5.10. The first-order valence-electron chi connectivity index (χ1n) is 13.0. The number of nitrogens with zero attached hydrogens (tertiary/aromatic N) is 3. The minimum Gasteiger partial charge on any atom is -0.325 e. The lowest BCUT2D eigenvalue weighted by Gasteiger charge is -2.32. The summed E-state index contributed by atoms with van der Waals surface area (Å²) >= 11 is 0. The summed E-state index contributed by atoms with van der Waals surface area (Å²) in [5, 5.41) is 6.11. The van der Waals surface area contributed by atoms with Crippen molar-refractivity contribution in [2.75, 3.05) is 42.9 Å². The normalized spacial score (nSPS) is 17.8. The summed E-state index contributed by atoms with van der Waals surface area (Å²) in [6.07, 6.45) is 0. The first kappa shape index (κ1) is 25.8. The van der Waals surface area contributed by atoms with Crippen LogP contribution in [0.5, 0.6) is 0 Å². The number of nitrogens with one attached hydrogen (secondary N) is 2. The van der Waals surface area contributed by atoms with Gasteiger partial charge in [0, 0.05) is 43.6 Å². The van der Waals surface area contributed by atoms with Gasteiger partial charge >= 0.3 is 0 Å². The van der Waals surface area contributed by atoms with E-state index < -0.39 is 11.7 Å². The molecular formula is C30H32FN5O2. The molecule has 0 bridgehead atoms. The summed E-state index contributed by atoms with van der Waals surface area (Å²) in [6, 6.07) is 21.4. The second-order valence-electron chi connectivity index (χ2n) is 9.92. The molecule has 3 aromatic rings. The predicted octanol–water partition coefficient (Wildman–Crippen LogP) is 4.33. The summed E-state index contributed by atoms with van der Waals surface area (Å²) in [5.74, 6) is -1.25. The van der Waals surface area contributed by atoms with Gasteiger partial charge in [0.05, 0.1) is 17.9 Å². The highest BCUT2D eigenvalue weighted by Gasteiger charge is 2.35. The van der Waals surface area contributed by atoms with Gasteiger partial charge in [-0.15, -0.1) is 0 Å². The molecule has 3 aromatic carbocycles. The number of carbonyl (C=O) groups excluding carboxylic acids is 2. The van der Waals surface area contributed by atoms with Crippen LogP contribution in [0.1, 0.15) is 30.9 Å². The van der Waals surface area contributed by atoms with E-state index in [-0.39, 0.29) is 17.9 Å². The molecule has 5 rings (SSSR count). The molecule has 7 nitrogen and oxygen atoms in total. The highest BCUT2D eigenvalue weighted by molar-refractivity contribution is 6.24. The van der Waals surface area contributed by atoms with E-state index in [0.717, 1.165) is 37.4 Å². The molecule has 196 valence electrons. The van der Waals surface area contributed by atoms with Gasteiger partial charge in [0.25, 0.3) is 0 Å². The second kappa shape index (κ2) is 11.2. The minimum atomic E-state index is -0.666. The van der Waals surface area contributed by atoms with Crippen LogP contribution in [0.3, 0.4) is 0 Å². The summed E-state index contributed by atoms with van der Waals surface area (Å²) in [6.45, 7) is 7.90. The highest BCUT2D eigenvalue weighted by atomic mass is 19.1. The van der Waals surface area contributed by atoms with E-state index in [1.807, 2.05) is 73.3 Å². The van der Waals surface area contributed by atoms with Crippen LogP contribution in [-0.4, -0.2) is 61.2 Å². The van der Waals surface area contributed by atoms with E-state index in [1.165, 1.54) is 12.1 Å². The van der Waals surface area contributed by atoms with Crippen LogP contribution in [0.25, 0.3) is 0 Å². The number of hydrogen-bond acceptors (Lipinski definition) is 5. The molecule has 0 saturated carbocycles. The van der Waals surface area contributed by atoms with E-state index in [4.69, 9.17) is 4.99 Å². The Bertz CT molecular complexity index is 1330. The molecule has 8 heteroatoms. The van der Waals surface area contributed by atoms with Gasteiger partial charge in [0.1, 0.15) is 11.7 Å². The van der Waals surface area contributed by atoms with Gasteiger partial charge in [-0.25, -0.2) is 4.39 Å². The van der Waals surface area contributed by atoms with Crippen molar-refractivity contribution in [3.8, 4) is 0 Å². The number of hydrogen-bond donors (Lipinski definition) is 2. The van der Waals surface area contributed by atoms with Gasteiger partial charge in [-0.3, -0.25) is 19.5 Å². The standard InChI is InChI=1S/C30H32FN5O2/c1-20(2)36(27(37)19-35-16-14-32-15-17-35)24-11-9-23(10-12-24)33-29(21-6-4-3-5-7-21)28-25-13-8-22(31)18-26(25)34-30(28)38/h3-13,18,20,28,32H,14-17,19H2,1-2H3,(H,34,38). The zero-order valence-electron chi connectivity index (χ0n) is 21.7. The summed E-state index contributed by atoms with van der Waals surface area (Å²) < 4.78 is 13.8. The number of rotatable bonds is 7. The lowest BCUT2D eigenvalue weighted by atomic mass is 9.90. The van der Waals surface area contributed by atoms with Crippen molar-refractivity contribution in [3.05, 3.63) is 89.7 Å². The van der Waals surface area contributed by atoms with Gasteiger partial charge in [0.2, 0.25) is 11.8 Å². The molecule has 0 aromatic heterocycles. The first-order valence-corrected chi connectivity index (χ1v) is 13.0. The quantitative estimate of drug-likeness (QED) is 0.461. The zero-order valence-corrected chi connectivity index (χ0v) is 21.7. The number of halogens is 1. The number of benzene rings is 3. The van der Waals surface area contributed by atoms with Crippen molar-refractivity contribution in [1.82, 2.24) is 10.2 Å². The summed E-state index contributed by atoms with van der Waals surface area (Å²) in [4.78, 5) is 35.2. The van der Waals surface area contributed by atoms with E-state index in [9.17, 15) is 14.0 Å². The summed E-state index contributed by atoms with van der Waals surface area (Å²) in [5.41, 5.74) is 4.02. The van der Waals surface area contributed by atoms with Crippen molar-refractivity contribution in [3.63, 3.8) is 0 Å². The van der Waals surface area contributed by atoms with Crippen LogP contribution in [0.15, 0.2) is 77.8 Å². The van der Waals surface area contributed by atoms with E-state index in [2.05, 4.69) is 15.5 Å². The maximum absolute atomic E-state index is 13.8. The van der Waals surface area contributed by atoms with Crippen LogP contribution >= 0.6 is 0 Å². The Labute approximate surface area is 222 Å². The molecule has 0 aliphatic carbocycles. The van der Waals surface area contributed by atoms with Gasteiger partial charge < -0.3 is 15.5 Å². The van der Waals surface area contributed by atoms with Gasteiger partial charge in [-0.05, 0) is 61.4 Å². The van der Waals surface area contributed by atoms with Crippen LogP contribution < -0.4 is 15.5 Å². The Kier molecular flexibility index (Phi) is 7.62. The Morgan fingerprint density at radius 1 is 1.05 bits per heavy atom. The third kappa shape index (κ3) is 5.51. The molecule has 38 heavy (non-hydrogen) atoms. The topological polar surface area (TPSA) is 77.0 Å². The fraction of sp³-hybridized carbons (Fsp3) is 0.300. The van der Waals surface area contributed by atoms with Crippen molar-refractivity contribution >= 4 is 34.6 Å². The SMILES string of the molecule is CC(C)N(C(=O)CN1CCNCC1)c1ccc(N=C(c2ccccc2)C2C(=O)Nc3cc(F)ccc32)cc1. The molecule has 1 atom stereocenters. The summed E-state index contributed by atoms with van der Waals surface area (Å²) in [7, 11) is 0. The van der Waals surface area contributed by atoms with Gasteiger partial charge in [0.15, 0.2) is 0 Å². The molecule has 2 aliphatic heterocycles. The van der Waals surface area contributed by atoms with Crippen LogP contribution in [0.4, 0.5) is 21.5 Å². The predicted molar refractivity (Wildman–Crippen MR) is 149 cm³/mol. The molecule has 2 amide bonds. The molecule has 2 heterocycles. The monoisotopic (exact) mass is 513 g/mol. The van der Waals surface area contributed by atoms with Crippen LogP contribution in [0.2, 0.25) is 0 Å². The van der Waals surface area contributed by atoms with Crippen molar-refractivity contribution in [2.24, 2.45) is 4.99 Å². The molecule has 2 aliphatic rings. The smallest absolute Gasteiger partial charge is 0.241 e. The number of aliphatic imine (C=N–C) groups is 1. The number of carbonyl (C=O) groups is 2. The van der Waals surface area contributed by atoms with E-state index in [1.54, 1.807) is 6.07 Å². The third-order valence-electron chi connectivity index (χ3n) is 6.92. The first-order chi connectivity index (χ1) is 18.4. The van der Waals surface area contributed by atoms with E-state index in [0.29, 0.717) is 29.2 Å². The van der Waals surface area contributed by atoms with Gasteiger partial charge in [-0.1, -0.05) is 36.4 Å². The average molecular weight is 514 g/mol. The number of piperazine rings is 1. The van der Waals surface area contributed by atoms with Crippen molar-refractivity contribution < 1.29 is 14.0 Å². The lowest BCUT2D eigenvalue weighted by molar-refractivity contribution is -0.120. The minimum absolute atomic E-state index is 0.00118. The largest absolute Gasteiger partial charge is 0.325 e. The molecule has 1 fully saturated rings.